The molecule has 0 aromatic heterocycles. The number of hydrogen-bond donors (Lipinski definition) is 2. The highest BCUT2D eigenvalue weighted by molar-refractivity contribution is 7.80. The number of rotatable bonds is 4. The topological polar surface area (TPSA) is 90.9 Å². The Balaban J connectivity index is 1.73. The second-order valence-electron chi connectivity index (χ2n) is 5.51. The lowest BCUT2D eigenvalue weighted by Crippen LogP contribution is -2.58. The summed E-state index contributed by atoms with van der Waals surface area (Å²) in [4.78, 5) is 38.0. The van der Waals surface area contributed by atoms with E-state index in [-0.39, 0.29) is 5.11 Å². The monoisotopic (exact) mass is 400 g/mol. The van der Waals surface area contributed by atoms with E-state index >= 15 is 0 Å². The lowest BCUT2D eigenvalue weighted by Gasteiger charge is -2.30. The Morgan fingerprint density at radius 3 is 2.48 bits per heavy atom. The SMILES string of the molecule is O=C(N/N=C\[C@@H]1C(=O)NC(=S)N(c2ccccc2)C1=O)c1ccc(Cl)cc1. The molecular weight excluding hydrogens is 388 g/mol. The quantitative estimate of drug-likeness (QED) is 0.356. The number of anilines is 1. The van der Waals surface area contributed by atoms with Crippen LogP contribution in [0, 0.1) is 5.92 Å². The minimum Gasteiger partial charge on any atom is -0.301 e. The van der Waals surface area contributed by atoms with E-state index in [1.165, 1.54) is 17.0 Å². The predicted molar refractivity (Wildman–Crippen MR) is 106 cm³/mol. The molecule has 1 atom stereocenters. The van der Waals surface area contributed by atoms with E-state index < -0.39 is 23.6 Å². The van der Waals surface area contributed by atoms with Crippen molar-refractivity contribution in [1.82, 2.24) is 10.7 Å². The van der Waals surface area contributed by atoms with Crippen molar-refractivity contribution in [3.05, 3.63) is 65.2 Å². The number of hydrogen-bond acceptors (Lipinski definition) is 5. The maximum Gasteiger partial charge on any atom is 0.271 e. The van der Waals surface area contributed by atoms with Gasteiger partial charge in [-0.25, -0.2) is 5.43 Å². The number of halogens is 1. The van der Waals surface area contributed by atoms with E-state index in [1.807, 2.05) is 0 Å². The van der Waals surface area contributed by atoms with Crippen molar-refractivity contribution in [3.63, 3.8) is 0 Å². The molecule has 2 aromatic carbocycles. The van der Waals surface area contributed by atoms with Crippen molar-refractivity contribution in [2.75, 3.05) is 4.90 Å². The fourth-order valence-corrected chi connectivity index (χ4v) is 2.80. The van der Waals surface area contributed by atoms with E-state index in [9.17, 15) is 14.4 Å². The van der Waals surface area contributed by atoms with Gasteiger partial charge in [0, 0.05) is 16.8 Å². The summed E-state index contributed by atoms with van der Waals surface area (Å²) in [5.74, 6) is -2.88. The molecule has 0 unspecified atom stereocenters. The molecule has 1 fully saturated rings. The van der Waals surface area contributed by atoms with Crippen LogP contribution in [-0.4, -0.2) is 29.0 Å². The van der Waals surface area contributed by atoms with Gasteiger partial charge in [0.2, 0.25) is 5.91 Å². The summed E-state index contributed by atoms with van der Waals surface area (Å²) in [7, 11) is 0. The lowest BCUT2D eigenvalue weighted by atomic mass is 10.1. The third-order valence-electron chi connectivity index (χ3n) is 3.71. The Labute approximate surface area is 165 Å². The number of carbonyl (C=O) groups excluding carboxylic acids is 3. The lowest BCUT2D eigenvalue weighted by molar-refractivity contribution is -0.130. The molecule has 2 aromatic rings. The largest absolute Gasteiger partial charge is 0.301 e. The van der Waals surface area contributed by atoms with Gasteiger partial charge in [0.25, 0.3) is 11.8 Å². The Morgan fingerprint density at radius 1 is 1.15 bits per heavy atom. The fourth-order valence-electron chi connectivity index (χ4n) is 2.38. The van der Waals surface area contributed by atoms with Gasteiger partial charge < -0.3 is 5.32 Å². The highest BCUT2D eigenvalue weighted by atomic mass is 35.5. The molecule has 1 aliphatic rings. The van der Waals surface area contributed by atoms with Crippen LogP contribution >= 0.6 is 23.8 Å². The first-order valence-corrected chi connectivity index (χ1v) is 8.59. The van der Waals surface area contributed by atoms with E-state index in [4.69, 9.17) is 23.8 Å². The van der Waals surface area contributed by atoms with Crippen LogP contribution in [0.3, 0.4) is 0 Å². The van der Waals surface area contributed by atoms with Gasteiger partial charge in [-0.05, 0) is 48.6 Å². The van der Waals surface area contributed by atoms with Gasteiger partial charge in [0.1, 0.15) is 0 Å². The first-order chi connectivity index (χ1) is 13.0. The number of amides is 3. The number of hydrazone groups is 1. The third kappa shape index (κ3) is 4.18. The molecule has 27 heavy (non-hydrogen) atoms. The van der Waals surface area contributed by atoms with Crippen molar-refractivity contribution in [2.24, 2.45) is 11.0 Å². The number of thiocarbonyl (C=S) groups is 1. The van der Waals surface area contributed by atoms with E-state index in [2.05, 4.69) is 15.8 Å². The van der Waals surface area contributed by atoms with E-state index in [0.29, 0.717) is 16.3 Å². The Morgan fingerprint density at radius 2 is 1.81 bits per heavy atom. The van der Waals surface area contributed by atoms with Gasteiger partial charge in [0.05, 0.1) is 5.69 Å². The van der Waals surface area contributed by atoms with Crippen molar-refractivity contribution in [2.45, 2.75) is 0 Å². The average Bonchev–Trinajstić information content (AvgIpc) is 2.65. The number of benzene rings is 2. The summed E-state index contributed by atoms with van der Waals surface area (Å²) in [5, 5.41) is 6.69. The van der Waals surface area contributed by atoms with Crippen LogP contribution in [0.2, 0.25) is 5.02 Å². The summed E-state index contributed by atoms with van der Waals surface area (Å²) >= 11 is 10.9. The molecule has 136 valence electrons. The predicted octanol–water partition coefficient (Wildman–Crippen LogP) is 2.12. The van der Waals surface area contributed by atoms with Gasteiger partial charge >= 0.3 is 0 Å². The molecule has 0 saturated carbocycles. The molecule has 9 heteroatoms. The molecule has 0 aliphatic carbocycles. The second kappa shape index (κ2) is 8.07. The van der Waals surface area contributed by atoms with Crippen LogP contribution in [0.5, 0.6) is 0 Å². The standard InChI is InChI=1S/C18H13ClN4O3S/c19-12-8-6-11(7-9-12)15(24)22-20-10-14-16(25)21-18(27)23(17(14)26)13-4-2-1-3-5-13/h1-10,14H,(H,22,24)(H,21,25,27)/b20-10-/t14-/m1/s1. The summed E-state index contributed by atoms with van der Waals surface area (Å²) in [5.41, 5.74) is 3.14. The molecule has 2 N–H and O–H groups in total. The number of nitrogens with one attached hydrogen (secondary N) is 2. The van der Waals surface area contributed by atoms with Crippen molar-refractivity contribution in [1.29, 1.82) is 0 Å². The normalized spacial score (nSPS) is 17.1. The first-order valence-electron chi connectivity index (χ1n) is 7.80. The van der Waals surface area contributed by atoms with Gasteiger partial charge in [-0.15, -0.1) is 0 Å². The second-order valence-corrected chi connectivity index (χ2v) is 6.33. The zero-order chi connectivity index (χ0) is 19.4. The van der Waals surface area contributed by atoms with Gasteiger partial charge in [-0.2, -0.15) is 5.10 Å². The molecule has 1 heterocycles. The Bertz CT molecular complexity index is 931. The molecule has 0 radical (unpaired) electrons. The van der Waals surface area contributed by atoms with E-state index in [0.717, 1.165) is 6.21 Å². The van der Waals surface area contributed by atoms with Crippen molar-refractivity contribution in [3.8, 4) is 0 Å². The minimum absolute atomic E-state index is 0.00829. The number of nitrogens with zero attached hydrogens (tertiary/aromatic N) is 2. The number of para-hydroxylation sites is 1. The van der Waals surface area contributed by atoms with Crippen LogP contribution < -0.4 is 15.6 Å². The fraction of sp³-hybridized carbons (Fsp3) is 0.0556. The van der Waals surface area contributed by atoms with Gasteiger partial charge in [-0.3, -0.25) is 19.3 Å². The van der Waals surface area contributed by atoms with Crippen LogP contribution in [-0.2, 0) is 9.59 Å². The van der Waals surface area contributed by atoms with Crippen molar-refractivity contribution >= 4 is 58.6 Å². The van der Waals surface area contributed by atoms with Crippen LogP contribution in [0.4, 0.5) is 5.69 Å². The molecule has 0 spiro atoms. The highest BCUT2D eigenvalue weighted by Crippen LogP contribution is 2.19. The van der Waals surface area contributed by atoms with Crippen LogP contribution in [0.15, 0.2) is 59.7 Å². The summed E-state index contributed by atoms with van der Waals surface area (Å²) in [6.07, 6.45) is 1.07. The number of carbonyl (C=O) groups is 3. The Hall–Kier alpha value is -3.10. The zero-order valence-electron chi connectivity index (χ0n) is 13.8. The average molecular weight is 401 g/mol. The molecule has 1 saturated heterocycles. The summed E-state index contributed by atoms with van der Waals surface area (Å²) < 4.78 is 0. The van der Waals surface area contributed by atoms with Crippen molar-refractivity contribution < 1.29 is 14.4 Å². The molecule has 7 nitrogen and oxygen atoms in total. The molecule has 1 aliphatic heterocycles. The van der Waals surface area contributed by atoms with Gasteiger partial charge in [-0.1, -0.05) is 29.8 Å². The smallest absolute Gasteiger partial charge is 0.271 e. The maximum atomic E-state index is 12.7. The summed E-state index contributed by atoms with van der Waals surface area (Å²) in [6, 6.07) is 14.9. The first kappa shape index (κ1) is 18.7. The maximum absolute atomic E-state index is 12.7. The summed E-state index contributed by atoms with van der Waals surface area (Å²) in [6.45, 7) is 0. The molecular formula is C18H13ClN4O3S. The zero-order valence-corrected chi connectivity index (χ0v) is 15.3. The highest BCUT2D eigenvalue weighted by Gasteiger charge is 2.38. The van der Waals surface area contributed by atoms with Crippen LogP contribution in [0.1, 0.15) is 10.4 Å². The molecule has 3 rings (SSSR count). The Kier molecular flexibility index (Phi) is 5.58. The molecule has 3 amide bonds. The van der Waals surface area contributed by atoms with Gasteiger partial charge in [0.15, 0.2) is 11.0 Å². The van der Waals surface area contributed by atoms with Crippen LogP contribution in [0.25, 0.3) is 0 Å². The van der Waals surface area contributed by atoms with E-state index in [1.54, 1.807) is 42.5 Å². The molecule has 0 bridgehead atoms. The minimum atomic E-state index is -1.22. The third-order valence-corrected chi connectivity index (χ3v) is 4.25.